The molecule has 7 N–H and O–H groups in total. The summed E-state index contributed by atoms with van der Waals surface area (Å²) in [6, 6.07) is -3.94. The molecule has 0 bridgehead atoms. The smallest absolute Gasteiger partial charge is 0.327 e. The van der Waals surface area contributed by atoms with Gasteiger partial charge in [-0.25, -0.2) is 14.8 Å². The van der Waals surface area contributed by atoms with Gasteiger partial charge in [0.2, 0.25) is 5.91 Å². The van der Waals surface area contributed by atoms with Crippen LogP contribution < -0.4 is 16.0 Å². The molecule has 0 saturated carbocycles. The largest absolute Gasteiger partial charge is 0.480 e. The number of carboxylic acids is 2. The third kappa shape index (κ3) is 6.40. The molecule has 0 aliphatic rings. The van der Waals surface area contributed by atoms with Crippen molar-refractivity contribution in [2.45, 2.75) is 43.9 Å². The van der Waals surface area contributed by atoms with E-state index in [0.29, 0.717) is 11.4 Å². The molecular formula is C17H25N7O5. The highest BCUT2D eigenvalue weighted by atomic mass is 16.4. The number of carboxylic acid groups (broad SMARTS) is 2. The van der Waals surface area contributed by atoms with E-state index in [0.717, 1.165) is 0 Å². The molecule has 12 nitrogen and oxygen atoms in total. The highest BCUT2D eigenvalue weighted by molar-refractivity contribution is 5.87. The molecular weight excluding hydrogens is 382 g/mol. The first-order chi connectivity index (χ1) is 13.8. The van der Waals surface area contributed by atoms with Gasteiger partial charge in [0.05, 0.1) is 18.7 Å². The number of carbonyl (C=O) groups excluding carboxylic acids is 1. The summed E-state index contributed by atoms with van der Waals surface area (Å²) >= 11 is 0. The Bertz CT molecular complexity index is 793. The number of likely N-dealkylation sites (N-methyl/N-ethyl adjacent to an activating group) is 1. The number of hydrogen-bond acceptors (Lipinski definition) is 7. The van der Waals surface area contributed by atoms with Crippen LogP contribution in [0.3, 0.4) is 0 Å². The zero-order valence-electron chi connectivity index (χ0n) is 16.0. The average Bonchev–Trinajstić information content (AvgIpc) is 3.36. The lowest BCUT2D eigenvalue weighted by molar-refractivity contribution is -0.144. The van der Waals surface area contributed by atoms with Crippen LogP contribution in [0.1, 0.15) is 18.3 Å². The van der Waals surface area contributed by atoms with Crippen molar-refractivity contribution >= 4 is 17.8 Å². The minimum Gasteiger partial charge on any atom is -0.480 e. The van der Waals surface area contributed by atoms with Crippen molar-refractivity contribution in [1.82, 2.24) is 35.9 Å². The number of amides is 1. The van der Waals surface area contributed by atoms with E-state index in [-0.39, 0.29) is 12.8 Å². The Morgan fingerprint density at radius 1 is 1.00 bits per heavy atom. The van der Waals surface area contributed by atoms with E-state index in [4.69, 9.17) is 0 Å². The van der Waals surface area contributed by atoms with Crippen LogP contribution in [0.25, 0.3) is 0 Å². The van der Waals surface area contributed by atoms with Gasteiger partial charge in [-0.05, 0) is 14.0 Å². The van der Waals surface area contributed by atoms with Crippen LogP contribution in [0.4, 0.5) is 0 Å². The number of nitrogens with zero attached hydrogens (tertiary/aromatic N) is 2. The maximum Gasteiger partial charge on any atom is 0.327 e. The van der Waals surface area contributed by atoms with E-state index in [2.05, 4.69) is 35.9 Å². The Morgan fingerprint density at radius 2 is 1.55 bits per heavy atom. The summed E-state index contributed by atoms with van der Waals surface area (Å²) in [6.45, 7) is 1.51. The topological polar surface area (TPSA) is 185 Å². The zero-order valence-corrected chi connectivity index (χ0v) is 16.0. The molecule has 0 aromatic carbocycles. The molecule has 158 valence electrons. The van der Waals surface area contributed by atoms with E-state index in [1.54, 1.807) is 13.2 Å². The first-order valence-electron chi connectivity index (χ1n) is 8.95. The molecule has 0 fully saturated rings. The lowest BCUT2D eigenvalue weighted by Gasteiger charge is -2.27. The first-order valence-corrected chi connectivity index (χ1v) is 8.95. The highest BCUT2D eigenvalue weighted by Gasteiger charge is 2.32. The fourth-order valence-electron chi connectivity index (χ4n) is 2.84. The number of aromatic nitrogens is 4. The third-order valence-electron chi connectivity index (χ3n) is 4.45. The molecule has 0 aliphatic carbocycles. The molecule has 0 radical (unpaired) electrons. The molecule has 29 heavy (non-hydrogen) atoms. The molecule has 0 saturated heterocycles. The number of carbonyl (C=O) groups is 3. The Morgan fingerprint density at radius 3 is 1.97 bits per heavy atom. The van der Waals surface area contributed by atoms with Crippen molar-refractivity contribution in [2.24, 2.45) is 0 Å². The number of aromatic amines is 2. The normalized spacial score (nSPS) is 15.2. The van der Waals surface area contributed by atoms with Gasteiger partial charge < -0.3 is 30.8 Å². The molecule has 1 amide bonds. The highest BCUT2D eigenvalue weighted by Crippen LogP contribution is 2.05. The summed E-state index contributed by atoms with van der Waals surface area (Å²) in [5.74, 6) is -2.95. The number of nitrogens with one attached hydrogen (secondary N) is 5. The van der Waals surface area contributed by atoms with Gasteiger partial charge in [0.25, 0.3) is 0 Å². The van der Waals surface area contributed by atoms with Crippen LogP contribution in [0.2, 0.25) is 0 Å². The van der Waals surface area contributed by atoms with Crippen molar-refractivity contribution < 1.29 is 24.6 Å². The molecule has 4 atom stereocenters. The number of imidazole rings is 2. The summed E-state index contributed by atoms with van der Waals surface area (Å²) in [5, 5.41) is 27.1. The van der Waals surface area contributed by atoms with Gasteiger partial charge in [-0.3, -0.25) is 14.9 Å². The molecule has 2 aromatic heterocycles. The van der Waals surface area contributed by atoms with Crippen LogP contribution in [0.5, 0.6) is 0 Å². The molecule has 0 unspecified atom stereocenters. The van der Waals surface area contributed by atoms with Crippen LogP contribution in [0.15, 0.2) is 25.0 Å². The van der Waals surface area contributed by atoms with E-state index in [9.17, 15) is 24.6 Å². The lowest BCUT2D eigenvalue weighted by Crippen LogP contribution is -2.59. The van der Waals surface area contributed by atoms with Crippen molar-refractivity contribution in [1.29, 1.82) is 0 Å². The number of rotatable bonds is 12. The maximum absolute atomic E-state index is 12.6. The molecule has 0 spiro atoms. The molecule has 0 aliphatic heterocycles. The fourth-order valence-corrected chi connectivity index (χ4v) is 2.84. The van der Waals surface area contributed by atoms with Crippen LogP contribution in [-0.4, -0.2) is 79.2 Å². The Balaban J connectivity index is 2.03. The first kappa shape index (κ1) is 22.0. The standard InChI is InChI=1S/C17H25N7O5/c1-9(23-13(16(26)27)4-11-6-20-8-22-11)14(17(28)29)24-15(25)12(18-2)3-10-5-19-7-21-10/h5-9,12-14,18,23H,3-4H2,1-2H3,(H,19,21)(H,20,22)(H,24,25)(H,26,27)(H,28,29)/t9-,12-,13+,14-/m1/s1. The van der Waals surface area contributed by atoms with Gasteiger partial charge in [-0.2, -0.15) is 0 Å². The Kier molecular flexibility index (Phi) is 7.86. The predicted molar refractivity (Wildman–Crippen MR) is 101 cm³/mol. The monoisotopic (exact) mass is 407 g/mol. The van der Waals surface area contributed by atoms with Crippen molar-refractivity contribution in [3.8, 4) is 0 Å². The summed E-state index contributed by atoms with van der Waals surface area (Å²) in [5.41, 5.74) is 1.30. The van der Waals surface area contributed by atoms with E-state index in [1.807, 2.05) is 0 Å². The van der Waals surface area contributed by atoms with Gasteiger partial charge in [0.1, 0.15) is 12.1 Å². The van der Waals surface area contributed by atoms with Crippen LogP contribution >= 0.6 is 0 Å². The third-order valence-corrected chi connectivity index (χ3v) is 4.45. The van der Waals surface area contributed by atoms with Crippen molar-refractivity contribution in [2.75, 3.05) is 7.05 Å². The zero-order chi connectivity index (χ0) is 21.4. The Hall–Kier alpha value is -3.25. The van der Waals surface area contributed by atoms with Crippen LogP contribution in [0, 0.1) is 0 Å². The van der Waals surface area contributed by atoms with Crippen LogP contribution in [-0.2, 0) is 27.2 Å². The minimum atomic E-state index is -1.33. The SMILES string of the molecule is CN[C@H](Cc1cnc[nH]1)C(=O)N[C@@H](C(=O)O)[C@@H](C)N[C@@H](Cc1cnc[nH]1)C(=O)O. The minimum absolute atomic E-state index is 0.0823. The number of H-pyrrole nitrogens is 2. The molecule has 2 aromatic rings. The van der Waals surface area contributed by atoms with Gasteiger partial charge in [0.15, 0.2) is 0 Å². The summed E-state index contributed by atoms with van der Waals surface area (Å²) in [6.07, 6.45) is 6.34. The van der Waals surface area contributed by atoms with E-state index < -0.39 is 42.0 Å². The fraction of sp³-hybridized carbons (Fsp3) is 0.471. The predicted octanol–water partition coefficient (Wildman–Crippen LogP) is -1.49. The van der Waals surface area contributed by atoms with Gasteiger partial charge in [-0.15, -0.1) is 0 Å². The molecule has 12 heteroatoms. The van der Waals surface area contributed by atoms with Gasteiger partial charge in [0, 0.05) is 42.7 Å². The maximum atomic E-state index is 12.6. The Labute approximate surface area is 166 Å². The average molecular weight is 407 g/mol. The molecule has 2 rings (SSSR count). The van der Waals surface area contributed by atoms with Gasteiger partial charge >= 0.3 is 11.9 Å². The quantitative estimate of drug-likeness (QED) is 0.220. The second-order valence-corrected chi connectivity index (χ2v) is 6.57. The van der Waals surface area contributed by atoms with Crippen molar-refractivity contribution in [3.63, 3.8) is 0 Å². The van der Waals surface area contributed by atoms with E-state index >= 15 is 0 Å². The summed E-state index contributed by atoms with van der Waals surface area (Å²) in [4.78, 5) is 49.2. The van der Waals surface area contributed by atoms with E-state index in [1.165, 1.54) is 25.8 Å². The van der Waals surface area contributed by atoms with Gasteiger partial charge in [-0.1, -0.05) is 0 Å². The van der Waals surface area contributed by atoms with Crippen molar-refractivity contribution in [3.05, 3.63) is 36.4 Å². The molecule has 2 heterocycles. The lowest BCUT2D eigenvalue weighted by atomic mass is 10.0. The number of hydrogen-bond donors (Lipinski definition) is 7. The summed E-state index contributed by atoms with van der Waals surface area (Å²) in [7, 11) is 1.59. The number of aliphatic carboxylic acids is 2. The summed E-state index contributed by atoms with van der Waals surface area (Å²) < 4.78 is 0. The second kappa shape index (κ2) is 10.3. The second-order valence-electron chi connectivity index (χ2n) is 6.57.